The van der Waals surface area contributed by atoms with Crippen molar-refractivity contribution >= 4 is 13.6 Å². The highest BCUT2D eigenvalue weighted by atomic mass is 16.7. The molecule has 1 fully saturated rings. The Morgan fingerprint density at radius 3 is 1.93 bits per heavy atom. The van der Waals surface area contributed by atoms with Gasteiger partial charge in [0.1, 0.15) is 0 Å². The molecule has 0 unspecified atom stereocenters. The summed E-state index contributed by atoms with van der Waals surface area (Å²) in [4.78, 5) is 0. The predicted molar refractivity (Wildman–Crippen MR) is 67.4 cm³/mol. The van der Waals surface area contributed by atoms with Crippen molar-refractivity contribution in [3.05, 3.63) is 0 Å². The van der Waals surface area contributed by atoms with Crippen LogP contribution in [0.15, 0.2) is 0 Å². The van der Waals surface area contributed by atoms with Crippen molar-refractivity contribution in [2.45, 2.75) is 71.8 Å². The lowest BCUT2D eigenvalue weighted by Gasteiger charge is -2.32. The van der Waals surface area contributed by atoms with E-state index in [9.17, 15) is 0 Å². The largest absolute Gasteiger partial charge is 0.410 e. The SMILES string of the molecule is CCCCB(C)B1OC(C)(C)C(C)(C)O1. The number of rotatable bonds is 4. The van der Waals surface area contributed by atoms with Crippen molar-refractivity contribution in [2.75, 3.05) is 0 Å². The van der Waals surface area contributed by atoms with Crippen LogP contribution in [-0.2, 0) is 9.31 Å². The Morgan fingerprint density at radius 1 is 1.07 bits per heavy atom. The fourth-order valence-corrected chi connectivity index (χ4v) is 1.78. The minimum atomic E-state index is -0.182. The summed E-state index contributed by atoms with van der Waals surface area (Å²) in [5.41, 5.74) is -0.365. The minimum Gasteiger partial charge on any atom is -0.410 e. The lowest BCUT2D eigenvalue weighted by molar-refractivity contribution is 0.00578. The normalized spacial score (nSPS) is 23.2. The average Bonchev–Trinajstić information content (AvgIpc) is 2.32. The van der Waals surface area contributed by atoms with Crippen molar-refractivity contribution in [3.63, 3.8) is 0 Å². The molecule has 1 aliphatic heterocycles. The Morgan fingerprint density at radius 2 is 1.53 bits per heavy atom. The first kappa shape index (κ1) is 13.1. The summed E-state index contributed by atoms with van der Waals surface area (Å²) < 4.78 is 12.0. The van der Waals surface area contributed by atoms with Gasteiger partial charge in [-0.25, -0.2) is 0 Å². The summed E-state index contributed by atoms with van der Waals surface area (Å²) in [6.45, 7) is 13.4. The molecule has 0 aromatic rings. The predicted octanol–water partition coefficient (Wildman–Crippen LogP) is 3.08. The highest BCUT2D eigenvalue weighted by Crippen LogP contribution is 2.37. The first-order chi connectivity index (χ1) is 6.80. The van der Waals surface area contributed by atoms with Crippen LogP contribution < -0.4 is 0 Å². The molecule has 0 spiro atoms. The molecule has 1 heterocycles. The van der Waals surface area contributed by atoms with Gasteiger partial charge >= 0.3 is 7.01 Å². The van der Waals surface area contributed by atoms with E-state index in [0.717, 1.165) is 0 Å². The van der Waals surface area contributed by atoms with Gasteiger partial charge in [-0.1, -0.05) is 32.9 Å². The second-order valence-corrected chi connectivity index (χ2v) is 5.74. The Bertz CT molecular complexity index is 201. The van der Waals surface area contributed by atoms with E-state index >= 15 is 0 Å². The quantitative estimate of drug-likeness (QED) is 0.663. The molecule has 0 radical (unpaired) electrons. The number of hydrogen-bond donors (Lipinski definition) is 0. The van der Waals surface area contributed by atoms with Crippen LogP contribution in [0.2, 0.25) is 13.1 Å². The Labute approximate surface area is 95.3 Å². The van der Waals surface area contributed by atoms with E-state index in [2.05, 4.69) is 41.4 Å². The molecule has 1 rings (SSSR count). The Hall–Kier alpha value is 0.0499. The average molecular weight is 210 g/mol. The van der Waals surface area contributed by atoms with Crippen LogP contribution in [0.25, 0.3) is 0 Å². The Balaban J connectivity index is 2.54. The van der Waals surface area contributed by atoms with E-state index in [0.29, 0.717) is 6.60 Å². The van der Waals surface area contributed by atoms with Gasteiger partial charge in [0.05, 0.1) is 11.2 Å². The van der Waals surface area contributed by atoms with E-state index in [-0.39, 0.29) is 18.2 Å². The smallest absolute Gasteiger partial charge is 0.407 e. The van der Waals surface area contributed by atoms with Gasteiger partial charge < -0.3 is 9.31 Å². The van der Waals surface area contributed by atoms with E-state index in [1.165, 1.54) is 19.2 Å². The van der Waals surface area contributed by atoms with Gasteiger partial charge in [0.25, 0.3) is 0 Å². The molecular formula is C11H24B2O2. The summed E-state index contributed by atoms with van der Waals surface area (Å²) in [5, 5.41) is 0. The first-order valence-electron chi connectivity index (χ1n) is 6.16. The first-order valence-corrected chi connectivity index (χ1v) is 6.16. The highest BCUT2D eigenvalue weighted by Gasteiger charge is 2.52. The fourth-order valence-electron chi connectivity index (χ4n) is 1.78. The molecule has 0 aromatic heterocycles. The minimum absolute atomic E-state index is 0.0263. The summed E-state index contributed by atoms with van der Waals surface area (Å²) >= 11 is 0. The molecule has 0 bridgehead atoms. The van der Waals surface area contributed by atoms with Crippen LogP contribution in [0.1, 0.15) is 47.5 Å². The third-order valence-corrected chi connectivity index (χ3v) is 3.75. The fraction of sp³-hybridized carbons (Fsp3) is 1.00. The topological polar surface area (TPSA) is 18.5 Å². The zero-order chi connectivity index (χ0) is 11.7. The zero-order valence-electron chi connectivity index (χ0n) is 11.1. The number of hydrogen-bond acceptors (Lipinski definition) is 2. The van der Waals surface area contributed by atoms with Crippen molar-refractivity contribution in [2.24, 2.45) is 0 Å². The van der Waals surface area contributed by atoms with Gasteiger partial charge in [-0.2, -0.15) is 0 Å². The monoisotopic (exact) mass is 210 g/mol. The van der Waals surface area contributed by atoms with Crippen molar-refractivity contribution in [3.8, 4) is 0 Å². The van der Waals surface area contributed by atoms with E-state index in [1.807, 2.05) is 0 Å². The molecule has 1 saturated heterocycles. The standard InChI is InChI=1S/C11H24B2O2/c1-7-8-9-12(6)13-14-10(2,3)11(4,5)15-13/h7-9H2,1-6H3. The lowest BCUT2D eigenvalue weighted by atomic mass is 9.24. The van der Waals surface area contributed by atoms with E-state index < -0.39 is 0 Å². The van der Waals surface area contributed by atoms with Crippen LogP contribution in [0.5, 0.6) is 0 Å². The molecule has 0 N–H and O–H groups in total. The third kappa shape index (κ3) is 2.79. The molecule has 1 aliphatic rings. The summed E-state index contributed by atoms with van der Waals surface area (Å²) in [5.74, 6) is 0. The molecule has 15 heavy (non-hydrogen) atoms. The summed E-state index contributed by atoms with van der Waals surface area (Å²) in [6.07, 6.45) is 3.68. The van der Waals surface area contributed by atoms with Crippen LogP contribution in [0, 0.1) is 0 Å². The molecule has 0 atom stereocenters. The van der Waals surface area contributed by atoms with E-state index in [1.54, 1.807) is 0 Å². The maximum absolute atomic E-state index is 6.00. The van der Waals surface area contributed by atoms with Crippen LogP contribution in [0.3, 0.4) is 0 Å². The maximum atomic E-state index is 6.00. The molecule has 0 saturated carbocycles. The molecule has 86 valence electrons. The second-order valence-electron chi connectivity index (χ2n) is 5.74. The van der Waals surface area contributed by atoms with Crippen LogP contribution in [-0.4, -0.2) is 24.8 Å². The van der Waals surface area contributed by atoms with Crippen LogP contribution >= 0.6 is 0 Å². The van der Waals surface area contributed by atoms with Crippen molar-refractivity contribution < 1.29 is 9.31 Å². The molecule has 0 amide bonds. The third-order valence-electron chi connectivity index (χ3n) is 3.75. The van der Waals surface area contributed by atoms with Gasteiger partial charge in [0.2, 0.25) is 0 Å². The zero-order valence-corrected chi connectivity index (χ0v) is 11.1. The molecule has 4 heteroatoms. The lowest BCUT2D eigenvalue weighted by Crippen LogP contribution is -2.41. The van der Waals surface area contributed by atoms with Gasteiger partial charge in [0, 0.05) is 0 Å². The maximum Gasteiger partial charge on any atom is 0.407 e. The van der Waals surface area contributed by atoms with Crippen molar-refractivity contribution in [1.29, 1.82) is 0 Å². The highest BCUT2D eigenvalue weighted by molar-refractivity contribution is 7.16. The summed E-state index contributed by atoms with van der Waals surface area (Å²) in [7, 11) is -0.0263. The number of unbranched alkanes of at least 4 members (excludes halogenated alkanes) is 1. The van der Waals surface area contributed by atoms with Gasteiger partial charge in [-0.3, -0.25) is 0 Å². The molecule has 0 aromatic carbocycles. The van der Waals surface area contributed by atoms with Gasteiger partial charge in [-0.05, 0) is 27.7 Å². The Kier molecular flexibility index (Phi) is 3.94. The second kappa shape index (κ2) is 4.50. The van der Waals surface area contributed by atoms with E-state index in [4.69, 9.17) is 9.31 Å². The molecule has 0 aliphatic carbocycles. The van der Waals surface area contributed by atoms with Gasteiger partial charge in [0.15, 0.2) is 6.60 Å². The molecular weight excluding hydrogens is 186 g/mol. The van der Waals surface area contributed by atoms with Gasteiger partial charge in [-0.15, -0.1) is 0 Å². The molecule has 2 nitrogen and oxygen atoms in total. The summed E-state index contributed by atoms with van der Waals surface area (Å²) in [6, 6.07) is 0. The van der Waals surface area contributed by atoms with Crippen molar-refractivity contribution in [1.82, 2.24) is 0 Å². The van der Waals surface area contributed by atoms with Crippen LogP contribution in [0.4, 0.5) is 0 Å².